The number of thioether (sulfide) groups is 1. The lowest BCUT2D eigenvalue weighted by atomic mass is 10.2. The molecular weight excluding hydrogens is 220 g/mol. The number of aryl methyl sites for hydroxylation is 1. The van der Waals surface area contributed by atoms with E-state index in [4.69, 9.17) is 5.73 Å². The van der Waals surface area contributed by atoms with Crippen LogP contribution in [0.3, 0.4) is 0 Å². The highest BCUT2D eigenvalue weighted by molar-refractivity contribution is 7.98. The smallest absolute Gasteiger partial charge is 0.164 e. The van der Waals surface area contributed by atoms with Crippen LogP contribution >= 0.6 is 11.8 Å². The zero-order chi connectivity index (χ0) is 11.4. The Morgan fingerprint density at radius 1 is 1.44 bits per heavy atom. The molecule has 0 spiro atoms. The van der Waals surface area contributed by atoms with Crippen molar-refractivity contribution in [3.8, 4) is 0 Å². The first kappa shape index (κ1) is 11.2. The largest absolute Gasteiger partial charge is 0.324 e. The van der Waals surface area contributed by atoms with Crippen molar-refractivity contribution in [1.29, 1.82) is 0 Å². The van der Waals surface area contributed by atoms with Gasteiger partial charge in [0.1, 0.15) is 5.82 Å². The molecule has 1 aromatic heterocycles. The number of aromatic nitrogens is 3. The predicted molar refractivity (Wildman–Crippen MR) is 65.0 cm³/mol. The van der Waals surface area contributed by atoms with Crippen molar-refractivity contribution < 1.29 is 0 Å². The van der Waals surface area contributed by atoms with Crippen LogP contribution in [-0.2, 0) is 12.3 Å². The lowest BCUT2D eigenvalue weighted by molar-refractivity contribution is 0.916. The van der Waals surface area contributed by atoms with E-state index >= 15 is 0 Å². The highest BCUT2D eigenvalue weighted by Gasteiger charge is 2.02. The number of hydrogen-bond acceptors (Lipinski definition) is 4. The van der Waals surface area contributed by atoms with Crippen LogP contribution in [0.15, 0.2) is 29.2 Å². The molecule has 16 heavy (non-hydrogen) atoms. The Morgan fingerprint density at radius 2 is 2.31 bits per heavy atom. The van der Waals surface area contributed by atoms with Crippen molar-refractivity contribution in [2.24, 2.45) is 5.73 Å². The molecule has 84 valence electrons. The van der Waals surface area contributed by atoms with Crippen LogP contribution in [0, 0.1) is 6.92 Å². The Morgan fingerprint density at radius 3 is 3.00 bits per heavy atom. The van der Waals surface area contributed by atoms with E-state index in [1.807, 2.05) is 0 Å². The van der Waals surface area contributed by atoms with Gasteiger partial charge >= 0.3 is 0 Å². The van der Waals surface area contributed by atoms with Gasteiger partial charge in [0, 0.05) is 4.90 Å². The van der Waals surface area contributed by atoms with Crippen LogP contribution in [0.1, 0.15) is 17.2 Å². The van der Waals surface area contributed by atoms with Gasteiger partial charge in [-0.25, -0.2) is 4.98 Å². The minimum atomic E-state index is 0.381. The molecule has 2 aromatic rings. The Balaban J connectivity index is 1.96. The number of H-pyrrole nitrogens is 1. The summed E-state index contributed by atoms with van der Waals surface area (Å²) in [5.74, 6) is 2.32. The minimum absolute atomic E-state index is 0.381. The third kappa shape index (κ3) is 2.84. The number of nitrogens with one attached hydrogen (secondary N) is 1. The molecule has 0 aliphatic carbocycles. The van der Waals surface area contributed by atoms with E-state index in [2.05, 4.69) is 46.4 Å². The van der Waals surface area contributed by atoms with Gasteiger partial charge in [-0.3, -0.25) is 5.10 Å². The van der Waals surface area contributed by atoms with Gasteiger partial charge < -0.3 is 5.73 Å². The summed E-state index contributed by atoms with van der Waals surface area (Å²) in [5.41, 5.74) is 6.71. The first-order valence-electron chi connectivity index (χ1n) is 5.07. The Hall–Kier alpha value is -1.33. The SMILES string of the molecule is Cc1cccc(SCc2nc(CN)n[nH]2)c1. The molecule has 0 atom stereocenters. The molecular formula is C11H14N4S. The molecule has 3 N–H and O–H groups in total. The number of rotatable bonds is 4. The second kappa shape index (κ2) is 5.14. The van der Waals surface area contributed by atoms with E-state index in [-0.39, 0.29) is 0 Å². The zero-order valence-corrected chi connectivity index (χ0v) is 9.92. The fourth-order valence-electron chi connectivity index (χ4n) is 1.35. The summed E-state index contributed by atoms with van der Waals surface area (Å²) in [4.78, 5) is 5.50. The molecule has 1 heterocycles. The van der Waals surface area contributed by atoms with Gasteiger partial charge in [-0.2, -0.15) is 5.10 Å². The topological polar surface area (TPSA) is 67.6 Å². The Kier molecular flexibility index (Phi) is 3.58. The molecule has 0 aliphatic heterocycles. The van der Waals surface area contributed by atoms with Crippen molar-refractivity contribution in [1.82, 2.24) is 15.2 Å². The van der Waals surface area contributed by atoms with Crippen LogP contribution in [-0.4, -0.2) is 15.2 Å². The van der Waals surface area contributed by atoms with E-state index in [0.717, 1.165) is 11.6 Å². The van der Waals surface area contributed by atoms with Crippen molar-refractivity contribution in [2.45, 2.75) is 24.1 Å². The van der Waals surface area contributed by atoms with E-state index in [0.29, 0.717) is 12.4 Å². The van der Waals surface area contributed by atoms with Crippen molar-refractivity contribution in [2.75, 3.05) is 0 Å². The van der Waals surface area contributed by atoms with Gasteiger partial charge in [0.15, 0.2) is 5.82 Å². The third-order valence-electron chi connectivity index (χ3n) is 2.13. The second-order valence-corrected chi connectivity index (χ2v) is 4.56. The quantitative estimate of drug-likeness (QED) is 0.792. The number of hydrogen-bond donors (Lipinski definition) is 2. The minimum Gasteiger partial charge on any atom is -0.324 e. The lowest BCUT2D eigenvalue weighted by Crippen LogP contribution is -1.98. The van der Waals surface area contributed by atoms with Crippen molar-refractivity contribution in [3.05, 3.63) is 41.5 Å². The molecule has 0 aliphatic rings. The van der Waals surface area contributed by atoms with Crippen LogP contribution in [0.25, 0.3) is 0 Å². The lowest BCUT2D eigenvalue weighted by Gasteiger charge is -1.99. The molecule has 0 saturated carbocycles. The maximum Gasteiger partial charge on any atom is 0.164 e. The first-order chi connectivity index (χ1) is 7.78. The molecule has 0 bridgehead atoms. The molecule has 1 aromatic carbocycles. The van der Waals surface area contributed by atoms with Gasteiger partial charge in [0.25, 0.3) is 0 Å². The normalized spacial score (nSPS) is 10.6. The summed E-state index contributed by atoms with van der Waals surface area (Å²) in [7, 11) is 0. The predicted octanol–water partition coefficient (Wildman–Crippen LogP) is 1.86. The van der Waals surface area contributed by atoms with E-state index < -0.39 is 0 Å². The summed E-state index contributed by atoms with van der Waals surface area (Å²) in [6.45, 7) is 2.47. The van der Waals surface area contributed by atoms with Gasteiger partial charge in [-0.05, 0) is 19.1 Å². The summed E-state index contributed by atoms with van der Waals surface area (Å²) >= 11 is 1.74. The zero-order valence-electron chi connectivity index (χ0n) is 9.10. The highest BCUT2D eigenvalue weighted by Crippen LogP contribution is 2.21. The Bertz CT molecular complexity index is 467. The fourth-order valence-corrected chi connectivity index (χ4v) is 2.22. The van der Waals surface area contributed by atoms with Gasteiger partial charge in [-0.1, -0.05) is 17.7 Å². The monoisotopic (exact) mass is 234 g/mol. The summed E-state index contributed by atoms with van der Waals surface area (Å²) in [6, 6.07) is 8.40. The van der Waals surface area contributed by atoms with Crippen LogP contribution in [0.2, 0.25) is 0 Å². The standard InChI is InChI=1S/C11H14N4S/c1-8-3-2-4-9(5-8)16-7-11-13-10(6-12)14-15-11/h2-5H,6-7,12H2,1H3,(H,13,14,15). The molecule has 0 amide bonds. The van der Waals surface area contributed by atoms with Crippen LogP contribution in [0.5, 0.6) is 0 Å². The van der Waals surface area contributed by atoms with Gasteiger partial charge in [-0.15, -0.1) is 11.8 Å². The average Bonchev–Trinajstić information content (AvgIpc) is 2.74. The molecule has 0 fully saturated rings. The van der Waals surface area contributed by atoms with Gasteiger partial charge in [0.05, 0.1) is 12.3 Å². The molecule has 0 radical (unpaired) electrons. The summed E-state index contributed by atoms with van der Waals surface area (Å²) in [5, 5.41) is 6.87. The van der Waals surface area contributed by atoms with Crippen molar-refractivity contribution >= 4 is 11.8 Å². The maximum absolute atomic E-state index is 5.44. The second-order valence-electron chi connectivity index (χ2n) is 3.51. The highest BCUT2D eigenvalue weighted by atomic mass is 32.2. The fraction of sp³-hybridized carbons (Fsp3) is 0.273. The molecule has 0 saturated heterocycles. The Labute approximate surface area is 98.7 Å². The number of aromatic amines is 1. The van der Waals surface area contributed by atoms with Crippen LogP contribution < -0.4 is 5.73 Å². The number of nitrogens with zero attached hydrogens (tertiary/aromatic N) is 2. The third-order valence-corrected chi connectivity index (χ3v) is 3.13. The molecule has 2 rings (SSSR count). The molecule has 4 nitrogen and oxygen atoms in total. The van der Waals surface area contributed by atoms with Crippen molar-refractivity contribution in [3.63, 3.8) is 0 Å². The van der Waals surface area contributed by atoms with E-state index in [1.165, 1.54) is 10.5 Å². The van der Waals surface area contributed by atoms with E-state index in [9.17, 15) is 0 Å². The number of benzene rings is 1. The van der Waals surface area contributed by atoms with E-state index in [1.54, 1.807) is 11.8 Å². The van der Waals surface area contributed by atoms with Crippen LogP contribution in [0.4, 0.5) is 0 Å². The summed E-state index contributed by atoms with van der Waals surface area (Å²) < 4.78 is 0. The molecule has 0 unspecified atom stereocenters. The van der Waals surface area contributed by atoms with Gasteiger partial charge in [0.2, 0.25) is 0 Å². The molecule has 5 heteroatoms. The number of nitrogens with two attached hydrogens (primary N) is 1. The average molecular weight is 234 g/mol. The summed E-state index contributed by atoms with van der Waals surface area (Å²) in [6.07, 6.45) is 0. The first-order valence-corrected chi connectivity index (χ1v) is 6.06. The maximum atomic E-state index is 5.44.